The van der Waals surface area contributed by atoms with Crippen molar-refractivity contribution < 1.29 is 4.92 Å². The Morgan fingerprint density at radius 3 is 2.47 bits per heavy atom. The molecule has 0 radical (unpaired) electrons. The third-order valence-corrected chi connectivity index (χ3v) is 2.21. The summed E-state index contributed by atoms with van der Waals surface area (Å²) in [4.78, 5) is 10.0. The minimum absolute atomic E-state index is 0.0257. The number of nitrogens with two attached hydrogens (primary N) is 3. The van der Waals surface area contributed by atoms with Gasteiger partial charge < -0.3 is 17.3 Å². The smallest absolute Gasteiger partial charge is 0.271 e. The van der Waals surface area contributed by atoms with Crippen molar-refractivity contribution in [1.29, 1.82) is 0 Å². The molecule has 1 aromatic heterocycles. The van der Waals surface area contributed by atoms with E-state index in [1.165, 1.54) is 18.2 Å². The van der Waals surface area contributed by atoms with Crippen molar-refractivity contribution in [2.24, 2.45) is 0 Å². The number of nitrogens with zero attached hydrogens (tertiary/aromatic N) is 4. The predicted molar refractivity (Wildman–Crippen MR) is 61.1 cm³/mol. The largest absolute Gasteiger partial charge is 0.398 e. The van der Waals surface area contributed by atoms with Crippen LogP contribution in [0.3, 0.4) is 0 Å². The van der Waals surface area contributed by atoms with Crippen LogP contribution in [0.1, 0.15) is 0 Å². The number of nitro groups is 1. The average molecular weight is 235 g/mol. The van der Waals surface area contributed by atoms with Crippen LogP contribution >= 0.6 is 0 Å². The van der Waals surface area contributed by atoms with Gasteiger partial charge in [-0.1, -0.05) is 0 Å². The summed E-state index contributed by atoms with van der Waals surface area (Å²) in [6.07, 6.45) is 0. The summed E-state index contributed by atoms with van der Waals surface area (Å²) in [5.41, 5.74) is 11.6. The molecule has 0 aliphatic rings. The number of rotatable bonds is 2. The van der Waals surface area contributed by atoms with E-state index < -0.39 is 4.92 Å². The lowest BCUT2D eigenvalue weighted by Gasteiger charge is -2.04. The van der Waals surface area contributed by atoms with Crippen LogP contribution in [0, 0.1) is 10.1 Å². The van der Waals surface area contributed by atoms with Crippen LogP contribution < -0.4 is 17.3 Å². The number of aromatic nitrogens is 3. The van der Waals surface area contributed by atoms with Gasteiger partial charge >= 0.3 is 0 Å². The standard InChI is InChI=1S/C8H9N7O2/c9-6-3-4(15(16)17)1-2-5(6)7-12-13-8(10)14(7)11/h1-3H,9,11H2,(H2,10,13). The van der Waals surface area contributed by atoms with Crippen LogP contribution in [-0.4, -0.2) is 19.8 Å². The second-order valence-corrected chi connectivity index (χ2v) is 3.28. The van der Waals surface area contributed by atoms with E-state index in [2.05, 4.69) is 10.2 Å². The molecule has 1 aromatic carbocycles. The quantitative estimate of drug-likeness (QED) is 0.280. The molecule has 0 unspecified atom stereocenters. The number of nitrogen functional groups attached to an aromatic ring is 3. The van der Waals surface area contributed by atoms with Crippen molar-refractivity contribution in [3.8, 4) is 11.4 Å². The maximum atomic E-state index is 10.5. The van der Waals surface area contributed by atoms with Gasteiger partial charge in [-0.2, -0.15) is 0 Å². The first-order chi connectivity index (χ1) is 8.00. The van der Waals surface area contributed by atoms with E-state index in [1.54, 1.807) is 0 Å². The molecule has 6 N–H and O–H groups in total. The molecule has 17 heavy (non-hydrogen) atoms. The van der Waals surface area contributed by atoms with Gasteiger partial charge in [-0.05, 0) is 6.07 Å². The first-order valence-electron chi connectivity index (χ1n) is 4.51. The molecule has 88 valence electrons. The Kier molecular flexibility index (Phi) is 2.28. The van der Waals surface area contributed by atoms with Gasteiger partial charge in [0.05, 0.1) is 4.92 Å². The molecule has 0 amide bonds. The number of nitro benzene ring substituents is 1. The van der Waals surface area contributed by atoms with Crippen LogP contribution in [0.5, 0.6) is 0 Å². The average Bonchev–Trinajstić information content (AvgIpc) is 2.60. The summed E-state index contributed by atoms with van der Waals surface area (Å²) in [5, 5.41) is 17.8. The first kappa shape index (κ1) is 10.7. The van der Waals surface area contributed by atoms with E-state index in [0.29, 0.717) is 5.56 Å². The molecular formula is C8H9N7O2. The first-order valence-corrected chi connectivity index (χ1v) is 4.51. The summed E-state index contributed by atoms with van der Waals surface area (Å²) in [7, 11) is 0. The highest BCUT2D eigenvalue weighted by atomic mass is 16.6. The Labute approximate surface area is 95.0 Å². The van der Waals surface area contributed by atoms with Gasteiger partial charge in [-0.15, -0.1) is 10.2 Å². The highest BCUT2D eigenvalue weighted by molar-refractivity contribution is 5.74. The van der Waals surface area contributed by atoms with Gasteiger partial charge in [-0.25, -0.2) is 4.68 Å². The third-order valence-electron chi connectivity index (χ3n) is 2.21. The minimum Gasteiger partial charge on any atom is -0.398 e. The Bertz CT molecular complexity index is 592. The lowest BCUT2D eigenvalue weighted by Crippen LogP contribution is -2.13. The normalized spacial score (nSPS) is 10.4. The maximum absolute atomic E-state index is 10.5. The Morgan fingerprint density at radius 1 is 1.29 bits per heavy atom. The van der Waals surface area contributed by atoms with Crippen LogP contribution in [0.4, 0.5) is 17.3 Å². The van der Waals surface area contributed by atoms with E-state index in [9.17, 15) is 10.1 Å². The second-order valence-electron chi connectivity index (χ2n) is 3.28. The molecule has 9 nitrogen and oxygen atoms in total. The summed E-state index contributed by atoms with van der Waals surface area (Å²) < 4.78 is 1.05. The lowest BCUT2D eigenvalue weighted by molar-refractivity contribution is -0.384. The molecule has 0 saturated heterocycles. The molecular weight excluding hydrogens is 226 g/mol. The molecule has 2 aromatic rings. The van der Waals surface area contributed by atoms with Gasteiger partial charge in [0, 0.05) is 23.4 Å². The molecule has 2 rings (SSSR count). The van der Waals surface area contributed by atoms with Crippen LogP contribution in [0.2, 0.25) is 0 Å². The van der Waals surface area contributed by atoms with Gasteiger partial charge in [0.15, 0.2) is 5.82 Å². The minimum atomic E-state index is -0.540. The van der Waals surface area contributed by atoms with E-state index in [4.69, 9.17) is 17.3 Å². The summed E-state index contributed by atoms with van der Waals surface area (Å²) in [5.74, 6) is 5.85. The van der Waals surface area contributed by atoms with Gasteiger partial charge in [-0.3, -0.25) is 10.1 Å². The van der Waals surface area contributed by atoms with Gasteiger partial charge in [0.2, 0.25) is 5.95 Å². The molecule has 0 aliphatic heterocycles. The second kappa shape index (κ2) is 3.63. The molecule has 0 fully saturated rings. The summed E-state index contributed by atoms with van der Waals surface area (Å²) in [6, 6.07) is 3.97. The van der Waals surface area contributed by atoms with Crippen molar-refractivity contribution in [3.05, 3.63) is 28.3 Å². The van der Waals surface area contributed by atoms with Crippen molar-refractivity contribution in [2.75, 3.05) is 17.3 Å². The van der Waals surface area contributed by atoms with Crippen molar-refractivity contribution in [3.63, 3.8) is 0 Å². The fraction of sp³-hybridized carbons (Fsp3) is 0. The Hall–Kier alpha value is -2.84. The zero-order valence-electron chi connectivity index (χ0n) is 8.57. The van der Waals surface area contributed by atoms with E-state index in [1.807, 2.05) is 0 Å². The SMILES string of the molecule is Nc1cc([N+](=O)[O-])ccc1-c1nnc(N)n1N. The molecule has 0 spiro atoms. The Balaban J connectivity index is 2.54. The van der Waals surface area contributed by atoms with Crippen molar-refractivity contribution in [1.82, 2.24) is 14.9 Å². The van der Waals surface area contributed by atoms with Gasteiger partial charge in [0.25, 0.3) is 5.69 Å². The van der Waals surface area contributed by atoms with E-state index in [0.717, 1.165) is 4.68 Å². The molecule has 0 aliphatic carbocycles. The van der Waals surface area contributed by atoms with Crippen LogP contribution in [0.25, 0.3) is 11.4 Å². The lowest BCUT2D eigenvalue weighted by atomic mass is 10.1. The summed E-state index contributed by atoms with van der Waals surface area (Å²) >= 11 is 0. The number of hydrogen-bond donors (Lipinski definition) is 3. The van der Waals surface area contributed by atoms with Gasteiger partial charge in [0.1, 0.15) is 0 Å². The maximum Gasteiger partial charge on any atom is 0.271 e. The zero-order valence-corrected chi connectivity index (χ0v) is 8.57. The van der Waals surface area contributed by atoms with Crippen molar-refractivity contribution >= 4 is 17.3 Å². The van der Waals surface area contributed by atoms with E-state index in [-0.39, 0.29) is 23.1 Å². The molecule has 0 saturated carbocycles. The fourth-order valence-electron chi connectivity index (χ4n) is 1.35. The highest BCUT2D eigenvalue weighted by Crippen LogP contribution is 2.27. The van der Waals surface area contributed by atoms with Crippen LogP contribution in [0.15, 0.2) is 18.2 Å². The monoisotopic (exact) mass is 235 g/mol. The molecule has 9 heteroatoms. The fourth-order valence-corrected chi connectivity index (χ4v) is 1.35. The number of non-ortho nitro benzene ring substituents is 1. The molecule has 0 bridgehead atoms. The number of hydrogen-bond acceptors (Lipinski definition) is 7. The van der Waals surface area contributed by atoms with Crippen molar-refractivity contribution in [2.45, 2.75) is 0 Å². The topological polar surface area (TPSA) is 152 Å². The number of benzene rings is 1. The highest BCUT2D eigenvalue weighted by Gasteiger charge is 2.15. The summed E-state index contributed by atoms with van der Waals surface area (Å²) in [6.45, 7) is 0. The molecule has 0 atom stereocenters. The zero-order chi connectivity index (χ0) is 12.6. The Morgan fingerprint density at radius 2 is 2.00 bits per heavy atom. The van der Waals surface area contributed by atoms with Crippen LogP contribution in [-0.2, 0) is 0 Å². The third kappa shape index (κ3) is 1.69. The predicted octanol–water partition coefficient (Wildman–Crippen LogP) is -0.269. The number of anilines is 2. The molecule has 1 heterocycles. The van der Waals surface area contributed by atoms with E-state index >= 15 is 0 Å².